The van der Waals surface area contributed by atoms with Gasteiger partial charge in [0.05, 0.1) is 17.1 Å². The monoisotopic (exact) mass is 416 g/mol. The number of aromatic nitrogens is 1. The van der Waals surface area contributed by atoms with Crippen LogP contribution in [0.2, 0.25) is 0 Å². The Hall–Kier alpha value is -3.21. The van der Waals surface area contributed by atoms with E-state index in [4.69, 9.17) is 9.72 Å². The lowest BCUT2D eigenvalue weighted by Gasteiger charge is -2.21. The number of para-hydroxylation sites is 1. The molecule has 5 heteroatoms. The number of aryl methyl sites for hydroxylation is 1. The van der Waals surface area contributed by atoms with Crippen molar-refractivity contribution in [3.8, 4) is 0 Å². The van der Waals surface area contributed by atoms with Crippen molar-refractivity contribution in [3.63, 3.8) is 0 Å². The van der Waals surface area contributed by atoms with Crippen LogP contribution in [0.25, 0.3) is 10.9 Å². The van der Waals surface area contributed by atoms with E-state index in [1.807, 2.05) is 54.6 Å². The number of amides is 1. The summed E-state index contributed by atoms with van der Waals surface area (Å²) in [5, 5.41) is 3.81. The van der Waals surface area contributed by atoms with Gasteiger partial charge in [-0.2, -0.15) is 0 Å². The Bertz CT molecular complexity index is 1080. The lowest BCUT2D eigenvalue weighted by atomic mass is 9.90. The van der Waals surface area contributed by atoms with Gasteiger partial charge >= 0.3 is 5.97 Å². The Morgan fingerprint density at radius 3 is 2.58 bits per heavy atom. The van der Waals surface area contributed by atoms with Gasteiger partial charge in [0.25, 0.3) is 5.91 Å². The molecule has 0 radical (unpaired) electrons. The predicted molar refractivity (Wildman–Crippen MR) is 121 cm³/mol. The van der Waals surface area contributed by atoms with E-state index < -0.39 is 5.97 Å². The van der Waals surface area contributed by atoms with Crippen LogP contribution in [0.15, 0.2) is 54.6 Å². The molecule has 1 aliphatic rings. The number of fused-ring (bicyclic) bond motifs is 2. The minimum atomic E-state index is -0.446. The Kier molecular flexibility index (Phi) is 6.60. The molecule has 31 heavy (non-hydrogen) atoms. The highest BCUT2D eigenvalue weighted by atomic mass is 16.5. The first kappa shape index (κ1) is 21.0. The number of carbonyl (C=O) groups is 2. The fourth-order valence-corrected chi connectivity index (χ4v) is 4.34. The maximum atomic E-state index is 13.1. The summed E-state index contributed by atoms with van der Waals surface area (Å²) in [5.41, 5.74) is 4.38. The van der Waals surface area contributed by atoms with Gasteiger partial charge in [-0.15, -0.1) is 0 Å². The van der Waals surface area contributed by atoms with Crippen LogP contribution < -0.4 is 5.32 Å². The first-order chi connectivity index (χ1) is 15.2. The molecule has 0 bridgehead atoms. The van der Waals surface area contributed by atoms with Crippen LogP contribution in [0.4, 0.5) is 0 Å². The van der Waals surface area contributed by atoms with Crippen LogP contribution in [0.3, 0.4) is 0 Å². The molecule has 0 spiro atoms. The topological polar surface area (TPSA) is 68.3 Å². The number of nitrogens with one attached hydrogen (secondary N) is 1. The van der Waals surface area contributed by atoms with E-state index in [0.29, 0.717) is 5.56 Å². The number of esters is 1. The summed E-state index contributed by atoms with van der Waals surface area (Å²) in [6.07, 6.45) is 5.56. The highest BCUT2D eigenvalue weighted by Crippen LogP contribution is 2.29. The van der Waals surface area contributed by atoms with Crippen LogP contribution >= 0.6 is 0 Å². The zero-order valence-corrected chi connectivity index (χ0v) is 17.9. The van der Waals surface area contributed by atoms with Crippen molar-refractivity contribution in [2.45, 2.75) is 51.5 Å². The van der Waals surface area contributed by atoms with Gasteiger partial charge in [-0.3, -0.25) is 9.78 Å². The minimum absolute atomic E-state index is 0.0908. The highest BCUT2D eigenvalue weighted by molar-refractivity contribution is 6.05. The van der Waals surface area contributed by atoms with Crippen LogP contribution in [0, 0.1) is 0 Å². The third-order valence-corrected chi connectivity index (χ3v) is 5.82. The third-order valence-electron chi connectivity index (χ3n) is 5.82. The molecular weight excluding hydrogens is 388 g/mol. The average Bonchev–Trinajstić information content (AvgIpc) is 2.81. The van der Waals surface area contributed by atoms with Gasteiger partial charge < -0.3 is 10.1 Å². The Labute approximate surface area is 182 Å². The standard InChI is InChI=1S/C26H28N2O3/c1-2-10-21(18-11-4-3-5-12-18)28-24(29)17-31-26(30)25-19-13-6-8-15-22(19)27-23-16-9-7-14-20(23)25/h3-6,8,11-13,15,21H,2,7,9-10,14,16-17H2,1H3,(H,28,29)/t21-/m1/s1. The highest BCUT2D eigenvalue weighted by Gasteiger charge is 2.24. The Balaban J connectivity index is 1.50. The number of carbonyl (C=O) groups excluding carboxylic acids is 2. The van der Waals surface area contributed by atoms with Crippen molar-refractivity contribution < 1.29 is 14.3 Å². The van der Waals surface area contributed by atoms with Crippen molar-refractivity contribution >= 4 is 22.8 Å². The van der Waals surface area contributed by atoms with Crippen LogP contribution in [-0.2, 0) is 22.4 Å². The van der Waals surface area contributed by atoms with Crippen LogP contribution in [-0.4, -0.2) is 23.5 Å². The van der Waals surface area contributed by atoms with Gasteiger partial charge in [-0.05, 0) is 49.3 Å². The van der Waals surface area contributed by atoms with Crippen molar-refractivity contribution in [2.75, 3.05) is 6.61 Å². The molecule has 2 aromatic carbocycles. The number of pyridine rings is 1. The Morgan fingerprint density at radius 1 is 1.03 bits per heavy atom. The fraction of sp³-hybridized carbons (Fsp3) is 0.346. The molecule has 0 aliphatic heterocycles. The molecule has 0 unspecified atom stereocenters. The zero-order chi connectivity index (χ0) is 21.6. The molecule has 0 saturated heterocycles. The normalized spacial score (nSPS) is 14.0. The summed E-state index contributed by atoms with van der Waals surface area (Å²) < 4.78 is 5.50. The summed E-state index contributed by atoms with van der Waals surface area (Å²) in [6.45, 7) is 1.79. The zero-order valence-electron chi connectivity index (χ0n) is 17.9. The predicted octanol–water partition coefficient (Wildman–Crippen LogP) is 4.93. The molecule has 1 heterocycles. The van der Waals surface area contributed by atoms with E-state index in [1.165, 1.54) is 0 Å². The number of benzene rings is 2. The third kappa shape index (κ3) is 4.76. The van der Waals surface area contributed by atoms with E-state index in [9.17, 15) is 9.59 Å². The van der Waals surface area contributed by atoms with Gasteiger partial charge in [0.1, 0.15) is 0 Å². The molecule has 0 saturated carbocycles. The lowest BCUT2D eigenvalue weighted by molar-refractivity contribution is -0.125. The van der Waals surface area contributed by atoms with Crippen molar-refractivity contribution in [3.05, 3.63) is 77.0 Å². The Morgan fingerprint density at radius 2 is 1.77 bits per heavy atom. The maximum Gasteiger partial charge on any atom is 0.339 e. The molecule has 0 fully saturated rings. The molecule has 1 aliphatic carbocycles. The van der Waals surface area contributed by atoms with Crippen LogP contribution in [0.5, 0.6) is 0 Å². The number of hydrogen-bond acceptors (Lipinski definition) is 4. The summed E-state index contributed by atoms with van der Waals surface area (Å²) in [7, 11) is 0. The van der Waals surface area contributed by atoms with Crippen LogP contribution in [0.1, 0.15) is 65.8 Å². The van der Waals surface area contributed by atoms with E-state index in [0.717, 1.165) is 66.2 Å². The second-order valence-corrected chi connectivity index (χ2v) is 8.03. The maximum absolute atomic E-state index is 13.1. The van der Waals surface area contributed by atoms with Gasteiger partial charge in [-0.1, -0.05) is 61.9 Å². The van der Waals surface area contributed by atoms with Gasteiger partial charge in [0.2, 0.25) is 0 Å². The molecule has 1 amide bonds. The number of rotatable bonds is 7. The summed E-state index contributed by atoms with van der Waals surface area (Å²) in [5.74, 6) is -0.735. The molecule has 1 aromatic heterocycles. The fourth-order valence-electron chi connectivity index (χ4n) is 4.34. The molecule has 5 nitrogen and oxygen atoms in total. The first-order valence-corrected chi connectivity index (χ1v) is 11.1. The van der Waals surface area contributed by atoms with E-state index in [2.05, 4.69) is 12.2 Å². The largest absolute Gasteiger partial charge is 0.452 e. The van der Waals surface area contributed by atoms with Gasteiger partial charge in [0.15, 0.2) is 6.61 Å². The van der Waals surface area contributed by atoms with E-state index in [1.54, 1.807) is 0 Å². The average molecular weight is 417 g/mol. The molecule has 1 N–H and O–H groups in total. The van der Waals surface area contributed by atoms with Crippen molar-refractivity contribution in [1.29, 1.82) is 0 Å². The summed E-state index contributed by atoms with van der Waals surface area (Å²) in [4.78, 5) is 30.4. The molecule has 4 rings (SSSR count). The summed E-state index contributed by atoms with van der Waals surface area (Å²) in [6, 6.07) is 17.4. The van der Waals surface area contributed by atoms with Crippen molar-refractivity contribution in [2.24, 2.45) is 0 Å². The van der Waals surface area contributed by atoms with E-state index >= 15 is 0 Å². The number of nitrogens with zero attached hydrogens (tertiary/aromatic N) is 1. The molecule has 3 aromatic rings. The molecule has 1 atom stereocenters. The summed E-state index contributed by atoms with van der Waals surface area (Å²) >= 11 is 0. The smallest absolute Gasteiger partial charge is 0.339 e. The first-order valence-electron chi connectivity index (χ1n) is 11.1. The number of hydrogen-bond donors (Lipinski definition) is 1. The quantitative estimate of drug-likeness (QED) is 0.555. The number of ether oxygens (including phenoxy) is 1. The molecular formula is C26H28N2O3. The SMILES string of the molecule is CCC[C@@H](NC(=O)COC(=O)c1c2c(nc3ccccc13)CCCC2)c1ccccc1. The lowest BCUT2D eigenvalue weighted by Crippen LogP contribution is -2.32. The minimum Gasteiger partial charge on any atom is -0.452 e. The van der Waals surface area contributed by atoms with Gasteiger partial charge in [0, 0.05) is 11.1 Å². The van der Waals surface area contributed by atoms with E-state index in [-0.39, 0.29) is 18.6 Å². The second kappa shape index (κ2) is 9.73. The molecule has 160 valence electrons. The second-order valence-electron chi connectivity index (χ2n) is 8.03. The van der Waals surface area contributed by atoms with Crippen molar-refractivity contribution in [1.82, 2.24) is 10.3 Å². The van der Waals surface area contributed by atoms with Gasteiger partial charge in [-0.25, -0.2) is 4.79 Å².